The number of hydrogen-bond acceptors (Lipinski definition) is 6. The average Bonchev–Trinajstić information content (AvgIpc) is 3.37. The lowest BCUT2D eigenvalue weighted by molar-refractivity contribution is 0.126. The first kappa shape index (κ1) is 17.0. The van der Waals surface area contributed by atoms with Crippen LogP contribution in [-0.2, 0) is 11.4 Å². The molecule has 0 N–H and O–H groups in total. The Hall–Kier alpha value is -4.14. The minimum absolute atomic E-state index is 0.0910. The van der Waals surface area contributed by atoms with Crippen molar-refractivity contribution >= 4 is 22.9 Å². The smallest absolute Gasteiger partial charge is 0.192 e. The molecule has 0 aliphatic heterocycles. The van der Waals surface area contributed by atoms with Crippen LogP contribution in [0.1, 0.15) is 11.4 Å². The zero-order chi connectivity index (χ0) is 19.6. The standard InChI is InChI=1S/C20H14FN7O/c21-15-8-6-14(7-9-15)10-24-29-12-18-25-20-17-11-23-28(16-4-2-1-3-5-16)19(17)22-13-27(20)26-18/h1-11,13H,12H2/b24-10+. The minimum Gasteiger partial charge on any atom is -0.387 e. The van der Waals surface area contributed by atoms with Gasteiger partial charge in [-0.25, -0.2) is 23.6 Å². The molecule has 0 atom stereocenters. The Balaban J connectivity index is 1.38. The minimum atomic E-state index is -0.299. The van der Waals surface area contributed by atoms with E-state index in [4.69, 9.17) is 4.84 Å². The number of halogens is 1. The van der Waals surface area contributed by atoms with E-state index in [1.165, 1.54) is 18.3 Å². The normalized spacial score (nSPS) is 11.6. The molecule has 0 bridgehead atoms. The molecule has 3 heterocycles. The van der Waals surface area contributed by atoms with Gasteiger partial charge in [-0.2, -0.15) is 5.10 Å². The molecule has 0 amide bonds. The summed E-state index contributed by atoms with van der Waals surface area (Å²) >= 11 is 0. The van der Waals surface area contributed by atoms with Gasteiger partial charge in [-0.05, 0) is 29.8 Å². The zero-order valence-electron chi connectivity index (χ0n) is 15.1. The second-order valence-electron chi connectivity index (χ2n) is 6.23. The molecule has 29 heavy (non-hydrogen) atoms. The SMILES string of the molecule is Fc1ccc(/C=N/OCc2nc3c4cnn(-c5ccccc5)c4ncn3n2)cc1. The predicted molar refractivity (Wildman–Crippen MR) is 104 cm³/mol. The van der Waals surface area contributed by atoms with Crippen molar-refractivity contribution in [2.24, 2.45) is 5.16 Å². The van der Waals surface area contributed by atoms with Crippen molar-refractivity contribution in [2.45, 2.75) is 6.61 Å². The molecule has 0 fully saturated rings. The van der Waals surface area contributed by atoms with Gasteiger partial charge in [0.2, 0.25) is 0 Å². The van der Waals surface area contributed by atoms with Crippen molar-refractivity contribution in [3.8, 4) is 5.69 Å². The molecular formula is C20H14FN7O. The van der Waals surface area contributed by atoms with Crippen LogP contribution in [0, 0.1) is 5.82 Å². The van der Waals surface area contributed by atoms with Crippen molar-refractivity contribution in [1.82, 2.24) is 29.4 Å². The Morgan fingerprint density at radius 3 is 2.69 bits per heavy atom. The number of hydrogen-bond donors (Lipinski definition) is 0. The number of para-hydroxylation sites is 1. The molecular weight excluding hydrogens is 373 g/mol. The Morgan fingerprint density at radius 2 is 1.86 bits per heavy atom. The van der Waals surface area contributed by atoms with Gasteiger partial charge in [-0.3, -0.25) is 0 Å². The van der Waals surface area contributed by atoms with Gasteiger partial charge >= 0.3 is 0 Å². The van der Waals surface area contributed by atoms with Crippen molar-refractivity contribution in [1.29, 1.82) is 0 Å². The summed E-state index contributed by atoms with van der Waals surface area (Å²) in [6, 6.07) is 15.7. The summed E-state index contributed by atoms with van der Waals surface area (Å²) in [6.45, 7) is 0.0910. The maximum absolute atomic E-state index is 12.9. The van der Waals surface area contributed by atoms with Gasteiger partial charge in [-0.1, -0.05) is 35.5 Å². The van der Waals surface area contributed by atoms with Crippen molar-refractivity contribution < 1.29 is 9.23 Å². The lowest BCUT2D eigenvalue weighted by Gasteiger charge is -2.01. The molecule has 3 aromatic heterocycles. The van der Waals surface area contributed by atoms with Gasteiger partial charge < -0.3 is 4.84 Å². The Labute approximate surface area is 163 Å². The summed E-state index contributed by atoms with van der Waals surface area (Å²) in [5.74, 6) is 0.162. The third-order valence-corrected chi connectivity index (χ3v) is 4.29. The van der Waals surface area contributed by atoms with Crippen LogP contribution >= 0.6 is 0 Å². The fourth-order valence-electron chi connectivity index (χ4n) is 2.93. The molecule has 142 valence electrons. The Morgan fingerprint density at radius 1 is 1.03 bits per heavy atom. The summed E-state index contributed by atoms with van der Waals surface area (Å²) in [6.07, 6.45) is 4.81. The molecule has 0 unspecified atom stereocenters. The molecule has 0 radical (unpaired) electrons. The second kappa shape index (κ2) is 7.12. The van der Waals surface area contributed by atoms with E-state index in [1.807, 2.05) is 30.3 Å². The van der Waals surface area contributed by atoms with Gasteiger partial charge in [-0.15, -0.1) is 5.10 Å². The molecule has 0 saturated carbocycles. The van der Waals surface area contributed by atoms with E-state index in [9.17, 15) is 4.39 Å². The number of rotatable bonds is 5. The van der Waals surface area contributed by atoms with Crippen molar-refractivity contribution in [3.05, 3.63) is 84.3 Å². The predicted octanol–water partition coefficient (Wildman–Crippen LogP) is 3.15. The summed E-state index contributed by atoms with van der Waals surface area (Å²) in [5, 5.41) is 13.4. The summed E-state index contributed by atoms with van der Waals surface area (Å²) < 4.78 is 16.2. The summed E-state index contributed by atoms with van der Waals surface area (Å²) in [7, 11) is 0. The first-order valence-electron chi connectivity index (χ1n) is 8.82. The third kappa shape index (κ3) is 3.29. The van der Waals surface area contributed by atoms with Gasteiger partial charge in [0.15, 0.2) is 23.7 Å². The molecule has 0 saturated heterocycles. The van der Waals surface area contributed by atoms with Crippen LogP contribution in [0.3, 0.4) is 0 Å². The van der Waals surface area contributed by atoms with Crippen LogP contribution in [0.25, 0.3) is 22.4 Å². The van der Waals surface area contributed by atoms with E-state index >= 15 is 0 Å². The number of oxime groups is 1. The van der Waals surface area contributed by atoms with Gasteiger partial charge in [0.05, 0.1) is 23.5 Å². The van der Waals surface area contributed by atoms with Crippen LogP contribution in [0.4, 0.5) is 4.39 Å². The highest BCUT2D eigenvalue weighted by Gasteiger charge is 2.13. The number of benzene rings is 2. The highest BCUT2D eigenvalue weighted by molar-refractivity contribution is 5.89. The molecule has 9 heteroatoms. The number of fused-ring (bicyclic) bond motifs is 3. The topological polar surface area (TPSA) is 82.5 Å². The molecule has 2 aromatic carbocycles. The van der Waals surface area contributed by atoms with E-state index in [0.29, 0.717) is 17.1 Å². The van der Waals surface area contributed by atoms with E-state index in [-0.39, 0.29) is 12.4 Å². The molecule has 0 aliphatic rings. The first-order chi connectivity index (χ1) is 14.3. The van der Waals surface area contributed by atoms with E-state index < -0.39 is 0 Å². The lowest BCUT2D eigenvalue weighted by atomic mass is 10.2. The van der Waals surface area contributed by atoms with Crippen LogP contribution in [0.15, 0.2) is 72.3 Å². The van der Waals surface area contributed by atoms with Crippen LogP contribution in [0.2, 0.25) is 0 Å². The fraction of sp³-hybridized carbons (Fsp3) is 0.0500. The number of nitrogens with zero attached hydrogens (tertiary/aromatic N) is 7. The number of aromatic nitrogens is 6. The average molecular weight is 387 g/mol. The second-order valence-corrected chi connectivity index (χ2v) is 6.23. The van der Waals surface area contributed by atoms with Crippen molar-refractivity contribution in [2.75, 3.05) is 0 Å². The molecule has 5 aromatic rings. The molecule has 0 aliphatic carbocycles. The van der Waals surface area contributed by atoms with Crippen LogP contribution in [0.5, 0.6) is 0 Å². The largest absolute Gasteiger partial charge is 0.387 e. The monoisotopic (exact) mass is 387 g/mol. The van der Waals surface area contributed by atoms with E-state index in [2.05, 4.69) is 25.3 Å². The highest BCUT2D eigenvalue weighted by Crippen LogP contribution is 2.19. The highest BCUT2D eigenvalue weighted by atomic mass is 19.1. The van der Waals surface area contributed by atoms with Gasteiger partial charge in [0.1, 0.15) is 12.1 Å². The Bertz CT molecular complexity index is 1310. The fourth-order valence-corrected chi connectivity index (χ4v) is 2.93. The summed E-state index contributed by atoms with van der Waals surface area (Å²) in [4.78, 5) is 14.2. The van der Waals surface area contributed by atoms with Crippen molar-refractivity contribution in [3.63, 3.8) is 0 Å². The molecule has 0 spiro atoms. The quantitative estimate of drug-likeness (QED) is 0.342. The zero-order valence-corrected chi connectivity index (χ0v) is 15.1. The Kier molecular flexibility index (Phi) is 4.17. The van der Waals surface area contributed by atoms with Crippen LogP contribution < -0.4 is 0 Å². The van der Waals surface area contributed by atoms with E-state index in [1.54, 1.807) is 33.9 Å². The maximum atomic E-state index is 12.9. The van der Waals surface area contributed by atoms with Gasteiger partial charge in [0, 0.05) is 0 Å². The third-order valence-electron chi connectivity index (χ3n) is 4.29. The molecule has 5 rings (SSSR count). The maximum Gasteiger partial charge on any atom is 0.192 e. The first-order valence-corrected chi connectivity index (χ1v) is 8.82. The summed E-state index contributed by atoms with van der Waals surface area (Å²) in [5.41, 5.74) is 2.97. The van der Waals surface area contributed by atoms with Crippen LogP contribution in [-0.4, -0.2) is 35.6 Å². The van der Waals surface area contributed by atoms with E-state index in [0.717, 1.165) is 16.6 Å². The lowest BCUT2D eigenvalue weighted by Crippen LogP contribution is -1.98. The molecule has 8 nitrogen and oxygen atoms in total. The van der Waals surface area contributed by atoms with Gasteiger partial charge in [0.25, 0.3) is 0 Å².